The molecule has 0 heterocycles. The molecule has 0 bridgehead atoms. The van der Waals surface area contributed by atoms with Gasteiger partial charge in [0.2, 0.25) is 0 Å². The third-order valence-corrected chi connectivity index (χ3v) is 2.51. The van der Waals surface area contributed by atoms with Crippen LogP contribution in [0.2, 0.25) is 0 Å². The molecule has 0 aromatic heterocycles. The molecule has 0 radical (unpaired) electrons. The number of ether oxygens (including phenoxy) is 1. The zero-order valence-corrected chi connectivity index (χ0v) is 9.11. The summed E-state index contributed by atoms with van der Waals surface area (Å²) in [5.74, 6) is 0.663. The maximum Gasteiger partial charge on any atom is 0.126 e. The third kappa shape index (κ3) is 2.40. The second-order valence-corrected chi connectivity index (χ2v) is 3.62. The number of methoxy groups -OCH3 is 1. The van der Waals surface area contributed by atoms with Gasteiger partial charge in [-0.3, -0.25) is 0 Å². The van der Waals surface area contributed by atoms with Gasteiger partial charge in [0, 0.05) is 6.42 Å². The van der Waals surface area contributed by atoms with Gasteiger partial charge in [0.1, 0.15) is 11.6 Å². The Labute approximate surface area is 94.5 Å². The van der Waals surface area contributed by atoms with Gasteiger partial charge in [-0.25, -0.2) is 4.39 Å². The Hall–Kier alpha value is -1.83. The summed E-state index contributed by atoms with van der Waals surface area (Å²) in [6.45, 7) is 0. The smallest absolute Gasteiger partial charge is 0.126 e. The summed E-state index contributed by atoms with van der Waals surface area (Å²) in [6.07, 6.45) is 0.608. The van der Waals surface area contributed by atoms with E-state index in [1.54, 1.807) is 19.2 Å². The van der Waals surface area contributed by atoms with Crippen molar-refractivity contribution in [3.8, 4) is 5.75 Å². The monoisotopic (exact) mass is 216 g/mol. The molecule has 2 aromatic rings. The second kappa shape index (κ2) is 4.79. The molecular weight excluding hydrogens is 203 g/mol. The lowest BCUT2D eigenvalue weighted by Crippen LogP contribution is -1.92. The minimum absolute atomic E-state index is 0.154. The summed E-state index contributed by atoms with van der Waals surface area (Å²) in [6, 6.07) is 14.5. The molecule has 0 amide bonds. The fraction of sp³-hybridized carbons (Fsp3) is 0.143. The van der Waals surface area contributed by atoms with Crippen molar-refractivity contribution in [2.24, 2.45) is 0 Å². The third-order valence-electron chi connectivity index (χ3n) is 2.51. The lowest BCUT2D eigenvalue weighted by atomic mass is 10.0. The van der Waals surface area contributed by atoms with Crippen molar-refractivity contribution in [2.45, 2.75) is 6.42 Å². The lowest BCUT2D eigenvalue weighted by molar-refractivity contribution is 0.414. The number of hydrogen-bond donors (Lipinski definition) is 0. The van der Waals surface area contributed by atoms with E-state index in [4.69, 9.17) is 4.74 Å². The predicted octanol–water partition coefficient (Wildman–Crippen LogP) is 3.43. The first-order valence-electron chi connectivity index (χ1n) is 5.16. The molecule has 2 rings (SSSR count). The molecule has 2 aromatic carbocycles. The highest BCUT2D eigenvalue weighted by Gasteiger charge is 2.02. The molecular formula is C14H13FO. The first kappa shape index (κ1) is 10.7. The van der Waals surface area contributed by atoms with E-state index < -0.39 is 0 Å². The van der Waals surface area contributed by atoms with Gasteiger partial charge >= 0.3 is 0 Å². The van der Waals surface area contributed by atoms with Gasteiger partial charge < -0.3 is 4.74 Å². The normalized spacial score (nSPS) is 10.1. The van der Waals surface area contributed by atoms with E-state index in [1.165, 1.54) is 6.07 Å². The van der Waals surface area contributed by atoms with E-state index in [0.29, 0.717) is 12.0 Å². The highest BCUT2D eigenvalue weighted by molar-refractivity contribution is 5.31. The Morgan fingerprint density at radius 3 is 2.31 bits per heavy atom. The maximum atomic E-state index is 13.4. The average molecular weight is 216 g/mol. The highest BCUT2D eigenvalue weighted by Crippen LogP contribution is 2.16. The van der Waals surface area contributed by atoms with Crippen molar-refractivity contribution in [2.75, 3.05) is 7.11 Å². The molecule has 0 saturated heterocycles. The summed E-state index contributed by atoms with van der Waals surface area (Å²) < 4.78 is 18.5. The van der Waals surface area contributed by atoms with Crippen LogP contribution in [0.15, 0.2) is 48.5 Å². The maximum absolute atomic E-state index is 13.4. The van der Waals surface area contributed by atoms with Crippen molar-refractivity contribution in [1.29, 1.82) is 0 Å². The average Bonchev–Trinajstić information content (AvgIpc) is 2.33. The summed E-state index contributed by atoms with van der Waals surface area (Å²) in [5.41, 5.74) is 1.79. The summed E-state index contributed by atoms with van der Waals surface area (Å²) >= 11 is 0. The molecule has 1 nitrogen and oxygen atoms in total. The first-order valence-corrected chi connectivity index (χ1v) is 5.16. The largest absolute Gasteiger partial charge is 0.497 e. The lowest BCUT2D eigenvalue weighted by Gasteiger charge is -2.04. The van der Waals surface area contributed by atoms with E-state index in [0.717, 1.165) is 11.3 Å². The van der Waals surface area contributed by atoms with Crippen LogP contribution in [-0.4, -0.2) is 7.11 Å². The molecule has 0 aliphatic carbocycles. The molecule has 0 saturated carbocycles. The summed E-state index contributed by atoms with van der Waals surface area (Å²) in [4.78, 5) is 0. The van der Waals surface area contributed by atoms with E-state index in [1.807, 2.05) is 30.3 Å². The molecule has 0 fully saturated rings. The number of rotatable bonds is 3. The summed E-state index contributed by atoms with van der Waals surface area (Å²) in [5, 5.41) is 0. The van der Waals surface area contributed by atoms with Gasteiger partial charge in [-0.15, -0.1) is 0 Å². The predicted molar refractivity (Wildman–Crippen MR) is 62.2 cm³/mol. The van der Waals surface area contributed by atoms with E-state index >= 15 is 0 Å². The Morgan fingerprint density at radius 2 is 1.69 bits per heavy atom. The fourth-order valence-corrected chi connectivity index (χ4v) is 1.61. The summed E-state index contributed by atoms with van der Waals surface area (Å²) in [7, 11) is 1.63. The standard InChI is InChI=1S/C14H13FO/c1-16-13-8-6-11(7-9-13)10-12-4-2-3-5-14(12)15/h2-9H,10H2,1H3. The topological polar surface area (TPSA) is 9.23 Å². The molecule has 2 heteroatoms. The van der Waals surface area contributed by atoms with Crippen LogP contribution in [-0.2, 0) is 6.42 Å². The molecule has 0 spiro atoms. The quantitative estimate of drug-likeness (QED) is 0.763. The Kier molecular flexibility index (Phi) is 3.20. The van der Waals surface area contributed by atoms with Crippen molar-refractivity contribution < 1.29 is 9.13 Å². The minimum atomic E-state index is -0.154. The zero-order chi connectivity index (χ0) is 11.4. The van der Waals surface area contributed by atoms with Gasteiger partial charge in [0.25, 0.3) is 0 Å². The first-order chi connectivity index (χ1) is 7.79. The van der Waals surface area contributed by atoms with Crippen molar-refractivity contribution in [1.82, 2.24) is 0 Å². The molecule has 82 valence electrons. The van der Waals surface area contributed by atoms with Gasteiger partial charge in [0.15, 0.2) is 0 Å². The Balaban J connectivity index is 2.18. The molecule has 0 unspecified atom stereocenters. The fourth-order valence-electron chi connectivity index (χ4n) is 1.61. The SMILES string of the molecule is COc1ccc(Cc2ccccc2F)cc1. The van der Waals surface area contributed by atoms with Crippen molar-refractivity contribution in [3.63, 3.8) is 0 Å². The van der Waals surface area contributed by atoms with Crippen molar-refractivity contribution >= 4 is 0 Å². The van der Waals surface area contributed by atoms with Gasteiger partial charge in [-0.1, -0.05) is 30.3 Å². The van der Waals surface area contributed by atoms with Crippen LogP contribution >= 0.6 is 0 Å². The molecule has 0 aliphatic heterocycles. The van der Waals surface area contributed by atoms with E-state index in [-0.39, 0.29) is 5.82 Å². The van der Waals surface area contributed by atoms with Crippen LogP contribution < -0.4 is 4.74 Å². The van der Waals surface area contributed by atoms with Crippen LogP contribution in [0.4, 0.5) is 4.39 Å². The van der Waals surface area contributed by atoms with Gasteiger partial charge in [-0.05, 0) is 29.3 Å². The van der Waals surface area contributed by atoms with Crippen LogP contribution in [0.25, 0.3) is 0 Å². The second-order valence-electron chi connectivity index (χ2n) is 3.62. The molecule has 0 N–H and O–H groups in total. The van der Waals surface area contributed by atoms with E-state index in [9.17, 15) is 4.39 Å². The van der Waals surface area contributed by atoms with E-state index in [2.05, 4.69) is 0 Å². The minimum Gasteiger partial charge on any atom is -0.497 e. The Bertz CT molecular complexity index is 462. The van der Waals surface area contributed by atoms with Crippen LogP contribution in [0.1, 0.15) is 11.1 Å². The number of benzene rings is 2. The molecule has 16 heavy (non-hydrogen) atoms. The Morgan fingerprint density at radius 1 is 1.00 bits per heavy atom. The van der Waals surface area contributed by atoms with Gasteiger partial charge in [0.05, 0.1) is 7.11 Å². The highest BCUT2D eigenvalue weighted by atomic mass is 19.1. The van der Waals surface area contributed by atoms with Crippen molar-refractivity contribution in [3.05, 3.63) is 65.5 Å². The van der Waals surface area contributed by atoms with Crippen LogP contribution in [0.3, 0.4) is 0 Å². The number of hydrogen-bond acceptors (Lipinski definition) is 1. The van der Waals surface area contributed by atoms with Crippen LogP contribution in [0.5, 0.6) is 5.75 Å². The molecule has 0 atom stereocenters. The van der Waals surface area contributed by atoms with Gasteiger partial charge in [-0.2, -0.15) is 0 Å². The molecule has 0 aliphatic rings. The zero-order valence-electron chi connectivity index (χ0n) is 9.11. The van der Waals surface area contributed by atoms with Crippen LogP contribution in [0, 0.1) is 5.82 Å². The number of halogens is 1.